The highest BCUT2D eigenvalue weighted by Crippen LogP contribution is 2.34. The highest BCUT2D eigenvalue weighted by atomic mass is 35.5. The molecule has 2 N–H and O–H groups in total. The van der Waals surface area contributed by atoms with Gasteiger partial charge in [0.15, 0.2) is 0 Å². The second-order valence-corrected chi connectivity index (χ2v) is 6.24. The van der Waals surface area contributed by atoms with Crippen molar-refractivity contribution in [1.82, 2.24) is 9.97 Å². The lowest BCUT2D eigenvalue weighted by atomic mass is 10.2. The van der Waals surface area contributed by atoms with Gasteiger partial charge in [0.1, 0.15) is 6.33 Å². The average molecular weight is 390 g/mol. The number of anilines is 4. The molecule has 1 aromatic heterocycles. The third-order valence-electron chi connectivity index (χ3n) is 3.53. The molecule has 0 aliphatic carbocycles. The summed E-state index contributed by atoms with van der Waals surface area (Å²) in [4.78, 5) is 19.0. The summed E-state index contributed by atoms with van der Waals surface area (Å²) in [6, 6.07) is 12.0. The minimum absolute atomic E-state index is 0.0491. The van der Waals surface area contributed by atoms with Gasteiger partial charge in [-0.15, -0.1) is 0 Å². The fraction of sp³-hybridized carbons (Fsp3) is 0.0588. The highest BCUT2D eigenvalue weighted by Gasteiger charge is 2.23. The number of benzene rings is 2. The lowest BCUT2D eigenvalue weighted by molar-refractivity contribution is -0.383. The molecule has 9 heteroatoms. The van der Waals surface area contributed by atoms with E-state index in [0.717, 1.165) is 5.56 Å². The van der Waals surface area contributed by atoms with Gasteiger partial charge in [0.05, 0.1) is 4.92 Å². The molecular formula is C17H13Cl2N5O2. The lowest BCUT2D eigenvalue weighted by Gasteiger charge is -2.11. The molecule has 0 amide bonds. The van der Waals surface area contributed by atoms with Crippen LogP contribution < -0.4 is 10.6 Å². The number of halogens is 2. The fourth-order valence-electron chi connectivity index (χ4n) is 2.24. The average Bonchev–Trinajstić information content (AvgIpc) is 2.58. The Hall–Kier alpha value is -2.90. The Balaban J connectivity index is 1.98. The number of nitrogens with one attached hydrogen (secondary N) is 2. The van der Waals surface area contributed by atoms with E-state index < -0.39 is 4.92 Å². The van der Waals surface area contributed by atoms with Crippen molar-refractivity contribution in [2.45, 2.75) is 6.92 Å². The van der Waals surface area contributed by atoms with Gasteiger partial charge >= 0.3 is 5.69 Å². The monoisotopic (exact) mass is 389 g/mol. The van der Waals surface area contributed by atoms with Crippen molar-refractivity contribution in [3.05, 3.63) is 74.5 Å². The molecule has 26 heavy (non-hydrogen) atoms. The normalized spacial score (nSPS) is 10.4. The first-order valence-corrected chi connectivity index (χ1v) is 8.25. The van der Waals surface area contributed by atoms with Crippen molar-refractivity contribution < 1.29 is 4.92 Å². The van der Waals surface area contributed by atoms with Crippen LogP contribution in [0.3, 0.4) is 0 Å². The van der Waals surface area contributed by atoms with Crippen molar-refractivity contribution in [1.29, 1.82) is 0 Å². The van der Waals surface area contributed by atoms with Crippen molar-refractivity contribution in [2.24, 2.45) is 0 Å². The molecule has 0 aliphatic rings. The molecule has 3 aromatic rings. The number of nitro groups is 1. The van der Waals surface area contributed by atoms with Crippen LogP contribution in [-0.2, 0) is 0 Å². The number of aromatic nitrogens is 2. The first-order valence-electron chi connectivity index (χ1n) is 7.49. The molecule has 1 heterocycles. The van der Waals surface area contributed by atoms with Crippen LogP contribution in [0.4, 0.5) is 28.7 Å². The van der Waals surface area contributed by atoms with Gasteiger partial charge < -0.3 is 10.6 Å². The zero-order valence-corrected chi connectivity index (χ0v) is 15.0. The van der Waals surface area contributed by atoms with E-state index in [2.05, 4.69) is 20.6 Å². The van der Waals surface area contributed by atoms with Gasteiger partial charge in [0, 0.05) is 21.4 Å². The first kappa shape index (κ1) is 17.9. The standard InChI is InChI=1S/C17H13Cl2N5O2/c1-10-5-6-13(8-14(10)19)23-17-15(24(25)26)16(20-9-21-17)22-12-4-2-3-11(18)7-12/h2-9H,1H3,(H2,20,21,22,23). The van der Waals surface area contributed by atoms with Gasteiger partial charge in [-0.05, 0) is 42.8 Å². The van der Waals surface area contributed by atoms with E-state index in [0.29, 0.717) is 21.4 Å². The van der Waals surface area contributed by atoms with Crippen molar-refractivity contribution in [2.75, 3.05) is 10.6 Å². The number of nitrogens with zero attached hydrogens (tertiary/aromatic N) is 3. The van der Waals surface area contributed by atoms with Crippen LogP contribution in [0.25, 0.3) is 0 Å². The molecule has 3 rings (SSSR count). The van der Waals surface area contributed by atoms with E-state index in [1.165, 1.54) is 6.33 Å². The van der Waals surface area contributed by atoms with Crippen LogP contribution in [0.2, 0.25) is 10.0 Å². The Bertz CT molecular complexity index is 981. The van der Waals surface area contributed by atoms with Gasteiger partial charge in [-0.1, -0.05) is 35.3 Å². The van der Waals surface area contributed by atoms with E-state index in [9.17, 15) is 10.1 Å². The number of hydrogen-bond acceptors (Lipinski definition) is 6. The highest BCUT2D eigenvalue weighted by molar-refractivity contribution is 6.31. The predicted molar refractivity (Wildman–Crippen MR) is 103 cm³/mol. The van der Waals surface area contributed by atoms with Gasteiger partial charge in [-0.3, -0.25) is 10.1 Å². The molecule has 0 fully saturated rings. The maximum Gasteiger partial charge on any atom is 0.353 e. The van der Waals surface area contributed by atoms with E-state index in [1.54, 1.807) is 36.4 Å². The maximum absolute atomic E-state index is 11.6. The molecular weight excluding hydrogens is 377 g/mol. The molecule has 0 atom stereocenters. The molecule has 7 nitrogen and oxygen atoms in total. The second-order valence-electron chi connectivity index (χ2n) is 5.40. The Morgan fingerprint density at radius 1 is 1.00 bits per heavy atom. The first-order chi connectivity index (χ1) is 12.4. The molecule has 0 spiro atoms. The Labute approximate surface area is 159 Å². The largest absolute Gasteiger partial charge is 0.353 e. The molecule has 132 valence electrons. The van der Waals surface area contributed by atoms with Crippen molar-refractivity contribution in [3.63, 3.8) is 0 Å². The van der Waals surface area contributed by atoms with E-state index in [1.807, 2.05) is 13.0 Å². The smallest absolute Gasteiger partial charge is 0.334 e. The molecule has 0 saturated carbocycles. The van der Waals surface area contributed by atoms with E-state index in [-0.39, 0.29) is 17.3 Å². The third kappa shape index (κ3) is 4.01. The fourth-order valence-corrected chi connectivity index (χ4v) is 2.62. The topological polar surface area (TPSA) is 93.0 Å². The van der Waals surface area contributed by atoms with Crippen LogP contribution >= 0.6 is 23.2 Å². The summed E-state index contributed by atoms with van der Waals surface area (Å²) in [7, 11) is 0. The number of rotatable bonds is 5. The van der Waals surface area contributed by atoms with E-state index >= 15 is 0 Å². The quantitative estimate of drug-likeness (QED) is 0.442. The molecule has 2 aromatic carbocycles. The summed E-state index contributed by atoms with van der Waals surface area (Å²) >= 11 is 12.1. The Kier molecular flexibility index (Phi) is 5.20. The lowest BCUT2D eigenvalue weighted by Crippen LogP contribution is -2.05. The van der Waals surface area contributed by atoms with Gasteiger partial charge in [0.25, 0.3) is 0 Å². The van der Waals surface area contributed by atoms with E-state index in [4.69, 9.17) is 23.2 Å². The number of hydrogen-bond donors (Lipinski definition) is 2. The van der Waals surface area contributed by atoms with Crippen LogP contribution in [0.15, 0.2) is 48.8 Å². The van der Waals surface area contributed by atoms with Crippen LogP contribution in [0.5, 0.6) is 0 Å². The Morgan fingerprint density at radius 2 is 1.65 bits per heavy atom. The zero-order valence-electron chi connectivity index (χ0n) is 13.5. The summed E-state index contributed by atoms with van der Waals surface area (Å²) in [5.41, 5.74) is 1.77. The van der Waals surface area contributed by atoms with Gasteiger partial charge in [0.2, 0.25) is 11.6 Å². The predicted octanol–water partition coefficient (Wildman–Crippen LogP) is 5.49. The van der Waals surface area contributed by atoms with Gasteiger partial charge in [-0.25, -0.2) is 9.97 Å². The zero-order chi connectivity index (χ0) is 18.7. The second kappa shape index (κ2) is 7.55. The van der Waals surface area contributed by atoms with Crippen LogP contribution in [-0.4, -0.2) is 14.9 Å². The third-order valence-corrected chi connectivity index (χ3v) is 4.17. The summed E-state index contributed by atoms with van der Waals surface area (Å²) in [6.45, 7) is 1.87. The molecule has 0 bridgehead atoms. The van der Waals surface area contributed by atoms with Crippen LogP contribution in [0, 0.1) is 17.0 Å². The SMILES string of the molecule is Cc1ccc(Nc2ncnc(Nc3cccc(Cl)c3)c2[N+](=O)[O-])cc1Cl. The summed E-state index contributed by atoms with van der Waals surface area (Å²) in [5, 5.41) is 18.5. The van der Waals surface area contributed by atoms with Crippen molar-refractivity contribution >= 4 is 51.9 Å². The molecule has 0 aliphatic heterocycles. The van der Waals surface area contributed by atoms with Crippen molar-refractivity contribution in [3.8, 4) is 0 Å². The van der Waals surface area contributed by atoms with Crippen LogP contribution in [0.1, 0.15) is 5.56 Å². The summed E-state index contributed by atoms with van der Waals surface area (Å²) in [6.07, 6.45) is 1.23. The molecule has 0 radical (unpaired) electrons. The summed E-state index contributed by atoms with van der Waals surface area (Å²) in [5.74, 6) is 0.0995. The minimum Gasteiger partial charge on any atom is -0.334 e. The number of aryl methyl sites for hydroxylation is 1. The maximum atomic E-state index is 11.6. The molecule has 0 unspecified atom stereocenters. The summed E-state index contributed by atoms with van der Waals surface area (Å²) < 4.78 is 0. The molecule has 0 saturated heterocycles. The minimum atomic E-state index is -0.551. The van der Waals surface area contributed by atoms with Gasteiger partial charge in [-0.2, -0.15) is 0 Å². The Morgan fingerprint density at radius 3 is 2.23 bits per heavy atom.